The summed E-state index contributed by atoms with van der Waals surface area (Å²) in [4.78, 5) is 33.4. The molecule has 21 heavy (non-hydrogen) atoms. The highest BCUT2D eigenvalue weighted by Crippen LogP contribution is 2.36. The van der Waals surface area contributed by atoms with E-state index in [9.17, 15) is 14.4 Å². The summed E-state index contributed by atoms with van der Waals surface area (Å²) < 4.78 is 0. The quantitative estimate of drug-likeness (QED) is 0.753. The third kappa shape index (κ3) is 3.39. The van der Waals surface area contributed by atoms with Gasteiger partial charge in [-0.15, -0.1) is 11.3 Å². The van der Waals surface area contributed by atoms with Gasteiger partial charge in [-0.3, -0.25) is 4.79 Å². The molecule has 1 aromatic carbocycles. The van der Waals surface area contributed by atoms with Gasteiger partial charge in [0.1, 0.15) is 5.00 Å². The van der Waals surface area contributed by atoms with Gasteiger partial charge < -0.3 is 15.5 Å². The number of carboxylic acids is 2. The van der Waals surface area contributed by atoms with E-state index in [0.29, 0.717) is 15.5 Å². The van der Waals surface area contributed by atoms with E-state index < -0.39 is 17.8 Å². The van der Waals surface area contributed by atoms with Crippen LogP contribution in [0.15, 0.2) is 30.3 Å². The van der Waals surface area contributed by atoms with Crippen LogP contribution in [0.2, 0.25) is 5.02 Å². The maximum Gasteiger partial charge on any atom is 0.394 e. The second-order valence-corrected chi connectivity index (χ2v) is 5.42. The summed E-state index contributed by atoms with van der Waals surface area (Å²) in [6.07, 6.45) is 0. The van der Waals surface area contributed by atoms with Gasteiger partial charge in [-0.05, 0) is 23.8 Å². The van der Waals surface area contributed by atoms with Gasteiger partial charge in [0.2, 0.25) is 0 Å². The number of amides is 1. The molecule has 0 unspecified atom stereocenters. The van der Waals surface area contributed by atoms with Crippen LogP contribution in [0.3, 0.4) is 0 Å². The average Bonchev–Trinajstić information content (AvgIpc) is 2.82. The van der Waals surface area contributed by atoms with Crippen LogP contribution in [0.4, 0.5) is 5.00 Å². The van der Waals surface area contributed by atoms with Crippen molar-refractivity contribution >= 4 is 45.8 Å². The summed E-state index contributed by atoms with van der Waals surface area (Å²) in [6.45, 7) is 0. The summed E-state index contributed by atoms with van der Waals surface area (Å²) in [5.74, 6) is -4.25. The Morgan fingerprint density at radius 2 is 1.86 bits per heavy atom. The van der Waals surface area contributed by atoms with E-state index in [4.69, 9.17) is 21.8 Å². The number of benzene rings is 1. The Balaban J connectivity index is 2.44. The van der Waals surface area contributed by atoms with Crippen molar-refractivity contribution in [1.29, 1.82) is 0 Å². The highest BCUT2D eigenvalue weighted by molar-refractivity contribution is 7.20. The van der Waals surface area contributed by atoms with Crippen molar-refractivity contribution in [2.24, 2.45) is 0 Å². The minimum atomic E-state index is -1.69. The number of carboxylic acid groups (broad SMARTS) is 2. The van der Waals surface area contributed by atoms with Crippen molar-refractivity contribution < 1.29 is 24.6 Å². The molecule has 8 heteroatoms. The van der Waals surface area contributed by atoms with Gasteiger partial charge in [-0.2, -0.15) is 0 Å². The molecule has 0 aliphatic heterocycles. The molecule has 2 rings (SSSR count). The highest BCUT2D eigenvalue weighted by Gasteiger charge is 2.20. The average molecular weight is 326 g/mol. The van der Waals surface area contributed by atoms with Gasteiger partial charge in [-0.25, -0.2) is 9.59 Å². The normalized spacial score (nSPS) is 10.1. The van der Waals surface area contributed by atoms with E-state index in [0.717, 1.165) is 11.3 Å². The third-order valence-electron chi connectivity index (χ3n) is 2.49. The van der Waals surface area contributed by atoms with Crippen molar-refractivity contribution in [3.05, 3.63) is 40.9 Å². The van der Waals surface area contributed by atoms with Crippen molar-refractivity contribution in [3.8, 4) is 10.4 Å². The van der Waals surface area contributed by atoms with E-state index in [2.05, 4.69) is 5.32 Å². The number of hydrogen-bond donors (Lipinski definition) is 3. The van der Waals surface area contributed by atoms with Crippen LogP contribution in [0.25, 0.3) is 10.4 Å². The molecule has 0 saturated carbocycles. The van der Waals surface area contributed by atoms with E-state index in [1.807, 2.05) is 0 Å². The lowest BCUT2D eigenvalue weighted by molar-refractivity contribution is -0.147. The lowest BCUT2D eigenvalue weighted by Gasteiger charge is -1.99. The van der Waals surface area contributed by atoms with Crippen LogP contribution in [0, 0.1) is 0 Å². The van der Waals surface area contributed by atoms with Crippen molar-refractivity contribution in [1.82, 2.24) is 0 Å². The molecular formula is C13H8ClNO5S. The molecule has 2 aromatic rings. The number of halogens is 1. The van der Waals surface area contributed by atoms with Gasteiger partial charge in [-0.1, -0.05) is 23.7 Å². The number of anilines is 1. The topological polar surface area (TPSA) is 104 Å². The maximum absolute atomic E-state index is 11.2. The van der Waals surface area contributed by atoms with Crippen LogP contribution < -0.4 is 5.32 Å². The molecule has 0 fully saturated rings. The molecular weight excluding hydrogens is 318 g/mol. The van der Waals surface area contributed by atoms with Crippen molar-refractivity contribution in [2.75, 3.05) is 5.32 Å². The third-order valence-corrected chi connectivity index (χ3v) is 3.83. The Bertz CT molecular complexity index is 740. The number of nitrogens with one attached hydrogen (secondary N) is 1. The molecule has 1 aromatic heterocycles. The Morgan fingerprint density at radius 3 is 2.43 bits per heavy atom. The Hall–Kier alpha value is -2.38. The molecule has 0 aliphatic rings. The van der Waals surface area contributed by atoms with Crippen LogP contribution in [0.1, 0.15) is 10.4 Å². The Kier molecular flexibility index (Phi) is 4.25. The van der Waals surface area contributed by atoms with Gasteiger partial charge in [0.25, 0.3) is 0 Å². The first-order chi connectivity index (χ1) is 9.88. The number of hydrogen-bond acceptors (Lipinski definition) is 4. The molecule has 6 nitrogen and oxygen atoms in total. The Labute approximate surface area is 127 Å². The van der Waals surface area contributed by atoms with Crippen molar-refractivity contribution in [2.45, 2.75) is 0 Å². The zero-order valence-electron chi connectivity index (χ0n) is 10.3. The number of aromatic carboxylic acids is 1. The van der Waals surface area contributed by atoms with E-state index in [1.54, 1.807) is 24.3 Å². The van der Waals surface area contributed by atoms with Crippen LogP contribution in [0.5, 0.6) is 0 Å². The van der Waals surface area contributed by atoms with Gasteiger partial charge >= 0.3 is 17.8 Å². The first kappa shape index (κ1) is 15.0. The number of rotatable bonds is 3. The monoisotopic (exact) mass is 325 g/mol. The fraction of sp³-hybridized carbons (Fsp3) is 0. The zero-order valence-corrected chi connectivity index (χ0v) is 11.9. The van der Waals surface area contributed by atoms with E-state index in [-0.39, 0.29) is 10.6 Å². The van der Waals surface area contributed by atoms with Gasteiger partial charge in [0.05, 0.1) is 5.56 Å². The summed E-state index contributed by atoms with van der Waals surface area (Å²) >= 11 is 6.83. The summed E-state index contributed by atoms with van der Waals surface area (Å²) in [7, 11) is 0. The first-order valence-electron chi connectivity index (χ1n) is 5.56. The van der Waals surface area contributed by atoms with E-state index >= 15 is 0 Å². The Morgan fingerprint density at radius 1 is 1.14 bits per heavy atom. The zero-order chi connectivity index (χ0) is 15.6. The van der Waals surface area contributed by atoms with Gasteiger partial charge in [0, 0.05) is 9.90 Å². The number of carbonyl (C=O) groups excluding carboxylic acids is 1. The number of thiophene rings is 1. The molecule has 0 saturated heterocycles. The minimum Gasteiger partial charge on any atom is -0.478 e. The first-order valence-corrected chi connectivity index (χ1v) is 6.75. The van der Waals surface area contributed by atoms with E-state index in [1.165, 1.54) is 6.07 Å². The SMILES string of the molecule is O=C(O)C(=O)Nc1sc(-c2cccc(Cl)c2)cc1C(=O)O. The second-order valence-electron chi connectivity index (χ2n) is 3.93. The molecule has 3 N–H and O–H groups in total. The lowest BCUT2D eigenvalue weighted by atomic mass is 10.1. The largest absolute Gasteiger partial charge is 0.478 e. The van der Waals surface area contributed by atoms with Crippen LogP contribution in [-0.4, -0.2) is 28.1 Å². The van der Waals surface area contributed by atoms with Crippen LogP contribution >= 0.6 is 22.9 Å². The standard InChI is InChI=1S/C13H8ClNO5S/c14-7-3-1-2-6(4-7)9-5-8(12(17)18)11(21-9)15-10(16)13(19)20/h1-5H,(H,15,16)(H,17,18)(H,19,20). The summed E-state index contributed by atoms with van der Waals surface area (Å²) in [5.41, 5.74) is 0.496. The molecule has 0 atom stereocenters. The number of aliphatic carboxylic acids is 1. The van der Waals surface area contributed by atoms with Crippen molar-refractivity contribution in [3.63, 3.8) is 0 Å². The molecule has 0 bridgehead atoms. The minimum absolute atomic E-state index is 0.0372. The fourth-order valence-corrected chi connectivity index (χ4v) is 2.82. The molecule has 0 aliphatic carbocycles. The molecule has 108 valence electrons. The summed E-state index contributed by atoms with van der Waals surface area (Å²) in [6, 6.07) is 8.10. The predicted molar refractivity (Wildman–Crippen MR) is 78.0 cm³/mol. The van der Waals surface area contributed by atoms with Crippen LogP contribution in [-0.2, 0) is 9.59 Å². The number of carbonyl (C=O) groups is 3. The molecule has 1 heterocycles. The second kappa shape index (κ2) is 5.94. The fourth-order valence-electron chi connectivity index (χ4n) is 1.58. The molecule has 1 amide bonds. The molecule has 0 spiro atoms. The van der Waals surface area contributed by atoms with Gasteiger partial charge in [0.15, 0.2) is 0 Å². The maximum atomic E-state index is 11.2. The highest BCUT2D eigenvalue weighted by atomic mass is 35.5. The predicted octanol–water partition coefficient (Wildman–Crippen LogP) is 2.79. The lowest BCUT2D eigenvalue weighted by Crippen LogP contribution is -2.22. The summed E-state index contributed by atoms with van der Waals surface area (Å²) in [5, 5.41) is 20.2. The molecule has 0 radical (unpaired) electrons. The smallest absolute Gasteiger partial charge is 0.394 e.